The third kappa shape index (κ3) is 0.872. The molecule has 0 spiro atoms. The van der Waals surface area contributed by atoms with Crippen LogP contribution >= 0.6 is 0 Å². The Morgan fingerprint density at radius 3 is 2.44 bits per heavy atom. The van der Waals surface area contributed by atoms with E-state index in [1.807, 2.05) is 14.0 Å². The van der Waals surface area contributed by atoms with E-state index in [0.717, 1.165) is 12.2 Å². The van der Waals surface area contributed by atoms with Crippen LogP contribution in [0.25, 0.3) is 0 Å². The molecule has 0 aromatic carbocycles. The molecule has 0 unspecified atom stereocenters. The Morgan fingerprint density at radius 1 is 1.56 bits per heavy atom. The Morgan fingerprint density at radius 2 is 2.22 bits per heavy atom. The summed E-state index contributed by atoms with van der Waals surface area (Å²) in [6.45, 7) is 2.02. The van der Waals surface area contributed by atoms with Crippen LogP contribution in [-0.2, 0) is 13.5 Å². The lowest BCUT2D eigenvalue weighted by molar-refractivity contribution is 0.813. The Kier molecular flexibility index (Phi) is 1.38. The number of hydrogen-bond donors (Lipinski definition) is 1. The fourth-order valence-corrected chi connectivity index (χ4v) is 0.683. The van der Waals surface area contributed by atoms with Crippen molar-refractivity contribution in [3.8, 4) is 0 Å². The van der Waals surface area contributed by atoms with E-state index in [4.69, 9.17) is 5.73 Å². The number of nitrogens with zero attached hydrogens (tertiary/aromatic N) is 3. The van der Waals surface area contributed by atoms with Crippen LogP contribution in [0.4, 0.5) is 5.95 Å². The van der Waals surface area contributed by atoms with E-state index in [-0.39, 0.29) is 0 Å². The number of aromatic nitrogens is 3. The quantitative estimate of drug-likeness (QED) is 0.574. The zero-order valence-electron chi connectivity index (χ0n) is 5.63. The zero-order valence-corrected chi connectivity index (χ0v) is 5.63. The predicted molar refractivity (Wildman–Crippen MR) is 34.8 cm³/mol. The van der Waals surface area contributed by atoms with Crippen molar-refractivity contribution in [1.29, 1.82) is 0 Å². The van der Waals surface area contributed by atoms with E-state index in [9.17, 15) is 0 Å². The van der Waals surface area contributed by atoms with Crippen molar-refractivity contribution in [1.82, 2.24) is 14.8 Å². The van der Waals surface area contributed by atoms with Gasteiger partial charge in [-0.1, -0.05) is 6.92 Å². The first kappa shape index (κ1) is 6.07. The fraction of sp³-hybridized carbons (Fsp3) is 0.600. The number of hydrogen-bond acceptors (Lipinski definition) is 3. The Hall–Kier alpha value is -1.06. The molecule has 0 radical (unpaired) electrons. The molecular formula is C5H10N4. The van der Waals surface area contributed by atoms with Gasteiger partial charge in [0.15, 0.2) is 0 Å². The molecule has 1 rings (SSSR count). The van der Waals surface area contributed by atoms with Gasteiger partial charge in [0.1, 0.15) is 5.82 Å². The van der Waals surface area contributed by atoms with Gasteiger partial charge in [-0.05, 0) is 0 Å². The third-order valence-electron chi connectivity index (χ3n) is 1.31. The summed E-state index contributed by atoms with van der Waals surface area (Å²) in [5, 5.41) is 7.50. The maximum atomic E-state index is 5.41. The summed E-state index contributed by atoms with van der Waals surface area (Å²) in [5.74, 6) is 1.40. The fourth-order valence-electron chi connectivity index (χ4n) is 0.683. The SMILES string of the molecule is CCc1nnc(N)n1C. The number of nitrogens with two attached hydrogens (primary N) is 1. The van der Waals surface area contributed by atoms with Gasteiger partial charge in [0.2, 0.25) is 5.95 Å². The molecule has 1 heterocycles. The van der Waals surface area contributed by atoms with Gasteiger partial charge in [0, 0.05) is 13.5 Å². The summed E-state index contributed by atoms with van der Waals surface area (Å²) in [6, 6.07) is 0. The van der Waals surface area contributed by atoms with E-state index >= 15 is 0 Å². The molecular weight excluding hydrogens is 116 g/mol. The second-order valence-corrected chi connectivity index (χ2v) is 1.89. The molecule has 4 heteroatoms. The van der Waals surface area contributed by atoms with Crippen LogP contribution in [-0.4, -0.2) is 14.8 Å². The van der Waals surface area contributed by atoms with Crippen LogP contribution < -0.4 is 5.73 Å². The summed E-state index contributed by atoms with van der Waals surface area (Å²) in [7, 11) is 1.86. The highest BCUT2D eigenvalue weighted by Crippen LogP contribution is 1.98. The summed E-state index contributed by atoms with van der Waals surface area (Å²) in [6.07, 6.45) is 0.876. The number of aryl methyl sites for hydroxylation is 1. The smallest absolute Gasteiger partial charge is 0.221 e. The molecule has 0 saturated carbocycles. The highest BCUT2D eigenvalue weighted by molar-refractivity contribution is 5.15. The third-order valence-corrected chi connectivity index (χ3v) is 1.31. The number of rotatable bonds is 1. The van der Waals surface area contributed by atoms with Gasteiger partial charge in [-0.25, -0.2) is 0 Å². The van der Waals surface area contributed by atoms with Crippen molar-refractivity contribution in [3.05, 3.63) is 5.82 Å². The molecule has 50 valence electrons. The maximum absolute atomic E-state index is 5.41. The minimum absolute atomic E-state index is 0.479. The molecule has 1 aromatic rings. The molecule has 0 fully saturated rings. The van der Waals surface area contributed by atoms with Crippen molar-refractivity contribution in [3.63, 3.8) is 0 Å². The van der Waals surface area contributed by atoms with E-state index < -0.39 is 0 Å². The van der Waals surface area contributed by atoms with Gasteiger partial charge >= 0.3 is 0 Å². The summed E-state index contributed by atoms with van der Waals surface area (Å²) < 4.78 is 1.78. The molecule has 2 N–H and O–H groups in total. The van der Waals surface area contributed by atoms with Crippen molar-refractivity contribution in [2.45, 2.75) is 13.3 Å². The first-order chi connectivity index (χ1) is 4.25. The minimum Gasteiger partial charge on any atom is -0.368 e. The second-order valence-electron chi connectivity index (χ2n) is 1.89. The molecule has 0 aliphatic heterocycles. The van der Waals surface area contributed by atoms with Crippen molar-refractivity contribution >= 4 is 5.95 Å². The van der Waals surface area contributed by atoms with Gasteiger partial charge in [-0.3, -0.25) is 0 Å². The van der Waals surface area contributed by atoms with Gasteiger partial charge in [0.05, 0.1) is 0 Å². The average Bonchev–Trinajstić information content (AvgIpc) is 2.15. The largest absolute Gasteiger partial charge is 0.368 e. The monoisotopic (exact) mass is 126 g/mol. The molecule has 9 heavy (non-hydrogen) atoms. The van der Waals surface area contributed by atoms with Crippen molar-refractivity contribution in [2.24, 2.45) is 7.05 Å². The number of anilines is 1. The lowest BCUT2D eigenvalue weighted by Crippen LogP contribution is -2.00. The standard InChI is InChI=1S/C5H10N4/c1-3-4-7-8-5(6)9(4)2/h3H2,1-2H3,(H2,6,8). The number of nitrogen functional groups attached to an aromatic ring is 1. The van der Waals surface area contributed by atoms with Crippen LogP contribution in [0.3, 0.4) is 0 Å². The van der Waals surface area contributed by atoms with Crippen LogP contribution in [0.15, 0.2) is 0 Å². The zero-order chi connectivity index (χ0) is 6.85. The predicted octanol–water partition coefficient (Wildman–Crippen LogP) is -0.0403. The van der Waals surface area contributed by atoms with Crippen LogP contribution in [0.1, 0.15) is 12.7 Å². The average molecular weight is 126 g/mol. The summed E-state index contributed by atoms with van der Waals surface area (Å²) in [4.78, 5) is 0. The van der Waals surface area contributed by atoms with E-state index in [1.54, 1.807) is 4.57 Å². The molecule has 0 aliphatic carbocycles. The Bertz CT molecular complexity index is 203. The Labute approximate surface area is 53.7 Å². The highest BCUT2D eigenvalue weighted by atomic mass is 15.3. The Balaban J connectivity index is 3.04. The molecule has 0 saturated heterocycles. The second kappa shape index (κ2) is 2.05. The van der Waals surface area contributed by atoms with E-state index in [0.29, 0.717) is 5.95 Å². The minimum atomic E-state index is 0.479. The van der Waals surface area contributed by atoms with Crippen LogP contribution in [0.2, 0.25) is 0 Å². The highest BCUT2D eigenvalue weighted by Gasteiger charge is 1.99. The molecule has 0 atom stereocenters. The van der Waals surface area contributed by atoms with Gasteiger partial charge in [-0.15, -0.1) is 10.2 Å². The van der Waals surface area contributed by atoms with Gasteiger partial charge in [0.25, 0.3) is 0 Å². The first-order valence-electron chi connectivity index (χ1n) is 2.89. The van der Waals surface area contributed by atoms with Crippen LogP contribution in [0, 0.1) is 0 Å². The molecule has 1 aromatic heterocycles. The molecule has 0 bridgehead atoms. The van der Waals surface area contributed by atoms with Crippen molar-refractivity contribution < 1.29 is 0 Å². The molecule has 0 aliphatic rings. The van der Waals surface area contributed by atoms with E-state index in [2.05, 4.69) is 10.2 Å². The topological polar surface area (TPSA) is 56.7 Å². The van der Waals surface area contributed by atoms with Crippen LogP contribution in [0.5, 0.6) is 0 Å². The summed E-state index contributed by atoms with van der Waals surface area (Å²) in [5.41, 5.74) is 5.41. The van der Waals surface area contributed by atoms with Gasteiger partial charge in [-0.2, -0.15) is 0 Å². The van der Waals surface area contributed by atoms with Crippen molar-refractivity contribution in [2.75, 3.05) is 5.73 Å². The normalized spacial score (nSPS) is 10.0. The maximum Gasteiger partial charge on any atom is 0.221 e. The molecule has 4 nitrogen and oxygen atoms in total. The van der Waals surface area contributed by atoms with E-state index in [1.165, 1.54) is 0 Å². The molecule has 0 amide bonds. The first-order valence-corrected chi connectivity index (χ1v) is 2.89. The van der Waals surface area contributed by atoms with Gasteiger partial charge < -0.3 is 10.3 Å². The lowest BCUT2D eigenvalue weighted by atomic mass is 10.5. The lowest BCUT2D eigenvalue weighted by Gasteiger charge is -1.94. The summed E-state index contributed by atoms with van der Waals surface area (Å²) >= 11 is 0.